The maximum atomic E-state index is 13.3. The largest absolute Gasteiger partial charge is 0.478 e. The molecule has 0 unspecified atom stereocenters. The number of carboxylic acids is 1. The summed E-state index contributed by atoms with van der Waals surface area (Å²) in [6.45, 7) is 0. The number of carbonyl (C=O) groups is 1. The van der Waals surface area contributed by atoms with E-state index in [4.69, 9.17) is 21.4 Å². The van der Waals surface area contributed by atoms with E-state index in [-0.39, 0.29) is 22.2 Å². The van der Waals surface area contributed by atoms with E-state index in [2.05, 4.69) is 4.98 Å². The molecule has 1 aromatic carbocycles. The summed E-state index contributed by atoms with van der Waals surface area (Å²) in [5, 5.41) is 8.86. The van der Waals surface area contributed by atoms with Crippen LogP contribution in [0.25, 0.3) is 0 Å². The summed E-state index contributed by atoms with van der Waals surface area (Å²) in [4.78, 5) is 14.6. The summed E-state index contributed by atoms with van der Waals surface area (Å²) >= 11 is 5.65. The predicted octanol–water partition coefficient (Wildman–Crippen LogP) is 3.36. The van der Waals surface area contributed by atoms with Crippen LogP contribution in [0.15, 0.2) is 36.5 Å². The van der Waals surface area contributed by atoms with Crippen LogP contribution in [0.5, 0.6) is 11.6 Å². The SMILES string of the molecule is O=C(O)c1cc(Oc2ccccc2F)ncc1Cl. The fraction of sp³-hybridized carbons (Fsp3) is 0. The van der Waals surface area contributed by atoms with Crippen LogP contribution in [0, 0.1) is 5.82 Å². The lowest BCUT2D eigenvalue weighted by molar-refractivity contribution is 0.0696. The number of aromatic carboxylic acids is 1. The average Bonchev–Trinajstić information content (AvgIpc) is 2.34. The van der Waals surface area contributed by atoms with Crippen LogP contribution >= 0.6 is 11.6 Å². The Hall–Kier alpha value is -2.14. The lowest BCUT2D eigenvalue weighted by atomic mass is 10.2. The van der Waals surface area contributed by atoms with Gasteiger partial charge >= 0.3 is 5.97 Å². The van der Waals surface area contributed by atoms with Gasteiger partial charge in [0, 0.05) is 6.07 Å². The third-order valence-corrected chi connectivity index (χ3v) is 2.41. The molecule has 0 saturated heterocycles. The van der Waals surface area contributed by atoms with E-state index >= 15 is 0 Å². The van der Waals surface area contributed by atoms with Crippen molar-refractivity contribution >= 4 is 17.6 Å². The Morgan fingerprint density at radius 2 is 2.11 bits per heavy atom. The molecule has 1 heterocycles. The summed E-state index contributed by atoms with van der Waals surface area (Å²) in [6.07, 6.45) is 1.14. The first-order valence-corrected chi connectivity index (χ1v) is 5.27. The Morgan fingerprint density at radius 1 is 1.39 bits per heavy atom. The molecule has 0 saturated carbocycles. The maximum Gasteiger partial charge on any atom is 0.337 e. The molecule has 0 radical (unpaired) electrons. The van der Waals surface area contributed by atoms with Crippen LogP contribution in [0.2, 0.25) is 5.02 Å². The highest BCUT2D eigenvalue weighted by Gasteiger charge is 2.12. The summed E-state index contributed by atoms with van der Waals surface area (Å²) < 4.78 is 18.5. The molecule has 0 aliphatic carbocycles. The van der Waals surface area contributed by atoms with Gasteiger partial charge in [-0.1, -0.05) is 23.7 Å². The van der Waals surface area contributed by atoms with Crippen molar-refractivity contribution in [2.75, 3.05) is 0 Å². The van der Waals surface area contributed by atoms with Gasteiger partial charge in [0.1, 0.15) is 0 Å². The first-order chi connectivity index (χ1) is 8.58. The van der Waals surface area contributed by atoms with Crippen molar-refractivity contribution in [3.05, 3.63) is 52.9 Å². The first-order valence-electron chi connectivity index (χ1n) is 4.89. The second-order valence-corrected chi connectivity index (χ2v) is 3.75. The van der Waals surface area contributed by atoms with Crippen LogP contribution in [0.4, 0.5) is 4.39 Å². The van der Waals surface area contributed by atoms with Gasteiger partial charge in [0.2, 0.25) is 5.88 Å². The average molecular weight is 268 g/mol. The number of para-hydroxylation sites is 1. The third kappa shape index (κ3) is 2.57. The zero-order chi connectivity index (χ0) is 13.1. The molecule has 0 amide bonds. The van der Waals surface area contributed by atoms with E-state index in [0.29, 0.717) is 0 Å². The van der Waals surface area contributed by atoms with Gasteiger partial charge in [0.25, 0.3) is 0 Å². The molecule has 2 rings (SSSR count). The number of hydrogen-bond donors (Lipinski definition) is 1. The van der Waals surface area contributed by atoms with Crippen LogP contribution in [0.3, 0.4) is 0 Å². The van der Waals surface area contributed by atoms with Gasteiger partial charge in [-0.2, -0.15) is 0 Å². The van der Waals surface area contributed by atoms with Crippen molar-refractivity contribution < 1.29 is 19.0 Å². The van der Waals surface area contributed by atoms with Crippen molar-refractivity contribution in [1.29, 1.82) is 0 Å². The molecule has 18 heavy (non-hydrogen) atoms. The normalized spacial score (nSPS) is 10.1. The van der Waals surface area contributed by atoms with Gasteiger partial charge < -0.3 is 9.84 Å². The van der Waals surface area contributed by atoms with Crippen LogP contribution < -0.4 is 4.74 Å². The zero-order valence-electron chi connectivity index (χ0n) is 8.93. The minimum Gasteiger partial charge on any atom is -0.478 e. The molecule has 0 bridgehead atoms. The lowest BCUT2D eigenvalue weighted by Gasteiger charge is -2.06. The Bertz CT molecular complexity index is 604. The van der Waals surface area contributed by atoms with Gasteiger partial charge in [-0.05, 0) is 12.1 Å². The van der Waals surface area contributed by atoms with Gasteiger partial charge in [-0.25, -0.2) is 14.2 Å². The number of nitrogens with zero attached hydrogens (tertiary/aromatic N) is 1. The molecule has 4 nitrogen and oxygen atoms in total. The number of carboxylic acid groups (broad SMARTS) is 1. The Labute approximate surface area is 107 Å². The fourth-order valence-corrected chi connectivity index (χ4v) is 1.46. The van der Waals surface area contributed by atoms with Gasteiger partial charge in [-0.3, -0.25) is 0 Å². The minimum absolute atomic E-state index is 0.0108. The standard InChI is InChI=1S/C12H7ClFNO3/c13-8-6-15-11(5-7(8)12(16)17)18-10-4-2-1-3-9(10)14/h1-6H,(H,16,17). The first kappa shape index (κ1) is 12.3. The van der Waals surface area contributed by atoms with E-state index < -0.39 is 11.8 Å². The third-order valence-electron chi connectivity index (χ3n) is 2.11. The quantitative estimate of drug-likeness (QED) is 0.926. The van der Waals surface area contributed by atoms with Crippen molar-refractivity contribution in [2.45, 2.75) is 0 Å². The molecule has 0 spiro atoms. The molecule has 0 atom stereocenters. The van der Waals surface area contributed by atoms with Crippen LogP contribution in [0.1, 0.15) is 10.4 Å². The molecule has 1 aromatic heterocycles. The highest BCUT2D eigenvalue weighted by molar-refractivity contribution is 6.33. The number of ether oxygens (including phenoxy) is 1. The zero-order valence-corrected chi connectivity index (χ0v) is 9.69. The summed E-state index contributed by atoms with van der Waals surface area (Å²) in [5.74, 6) is -1.85. The summed E-state index contributed by atoms with van der Waals surface area (Å²) in [7, 11) is 0. The maximum absolute atomic E-state index is 13.3. The Balaban J connectivity index is 2.33. The number of pyridine rings is 1. The molecule has 1 N–H and O–H groups in total. The van der Waals surface area contributed by atoms with E-state index in [1.165, 1.54) is 18.2 Å². The molecule has 6 heteroatoms. The highest BCUT2D eigenvalue weighted by Crippen LogP contribution is 2.25. The number of halogens is 2. The Morgan fingerprint density at radius 3 is 2.78 bits per heavy atom. The molecular weight excluding hydrogens is 261 g/mol. The molecule has 92 valence electrons. The van der Waals surface area contributed by atoms with E-state index in [1.807, 2.05) is 0 Å². The second-order valence-electron chi connectivity index (χ2n) is 3.34. The van der Waals surface area contributed by atoms with Crippen LogP contribution in [-0.4, -0.2) is 16.1 Å². The molecule has 0 aliphatic rings. The fourth-order valence-electron chi connectivity index (χ4n) is 1.28. The van der Waals surface area contributed by atoms with Crippen LogP contribution in [-0.2, 0) is 0 Å². The van der Waals surface area contributed by atoms with Gasteiger partial charge in [0.05, 0.1) is 16.8 Å². The van der Waals surface area contributed by atoms with E-state index in [0.717, 1.165) is 12.3 Å². The summed E-state index contributed by atoms with van der Waals surface area (Å²) in [5.41, 5.74) is -0.155. The molecule has 2 aromatic rings. The minimum atomic E-state index is -1.21. The molecule has 0 fully saturated rings. The predicted molar refractivity (Wildman–Crippen MR) is 62.7 cm³/mol. The number of benzene rings is 1. The second kappa shape index (κ2) is 5.01. The summed E-state index contributed by atoms with van der Waals surface area (Å²) in [6, 6.07) is 6.87. The molecule has 0 aliphatic heterocycles. The van der Waals surface area contributed by atoms with E-state index in [1.54, 1.807) is 6.07 Å². The van der Waals surface area contributed by atoms with Crippen molar-refractivity contribution in [3.63, 3.8) is 0 Å². The van der Waals surface area contributed by atoms with E-state index in [9.17, 15) is 9.18 Å². The number of hydrogen-bond acceptors (Lipinski definition) is 3. The van der Waals surface area contributed by atoms with Gasteiger partial charge in [0.15, 0.2) is 11.6 Å². The topological polar surface area (TPSA) is 59.4 Å². The Kier molecular flexibility index (Phi) is 3.43. The van der Waals surface area contributed by atoms with Crippen molar-refractivity contribution in [3.8, 4) is 11.6 Å². The smallest absolute Gasteiger partial charge is 0.337 e. The van der Waals surface area contributed by atoms with Crippen molar-refractivity contribution in [1.82, 2.24) is 4.98 Å². The van der Waals surface area contributed by atoms with Crippen molar-refractivity contribution in [2.24, 2.45) is 0 Å². The lowest BCUT2D eigenvalue weighted by Crippen LogP contribution is -1.99. The monoisotopic (exact) mass is 267 g/mol. The van der Waals surface area contributed by atoms with Gasteiger partial charge in [-0.15, -0.1) is 0 Å². The highest BCUT2D eigenvalue weighted by atomic mass is 35.5. The number of rotatable bonds is 3. The molecular formula is C12H7ClFNO3. The number of aromatic nitrogens is 1.